The number of fused-ring (bicyclic) bond motifs is 1. The number of nitrogens with two attached hydrogens (primary N) is 1. The molecule has 2 nitrogen and oxygen atoms in total. The van der Waals surface area contributed by atoms with Crippen LogP contribution in [0.2, 0.25) is 5.02 Å². The van der Waals surface area contributed by atoms with Crippen LogP contribution in [0, 0.1) is 6.92 Å². The summed E-state index contributed by atoms with van der Waals surface area (Å²) in [5.41, 5.74) is 10.4. The molecule has 0 saturated heterocycles. The average Bonchev–Trinajstić information content (AvgIpc) is 3.10. The number of likely N-dealkylation sites (N-methyl/N-ethyl adjacent to an activating group) is 1. The third-order valence-electron chi connectivity index (χ3n) is 8.38. The van der Waals surface area contributed by atoms with Crippen molar-refractivity contribution in [3.05, 3.63) is 104 Å². The summed E-state index contributed by atoms with van der Waals surface area (Å²) in [5, 5.41) is 4.00. The van der Waals surface area contributed by atoms with E-state index in [2.05, 4.69) is 113 Å². The van der Waals surface area contributed by atoms with Crippen LogP contribution in [0.25, 0.3) is 0 Å². The molecule has 39 heavy (non-hydrogen) atoms. The lowest BCUT2D eigenvalue weighted by Gasteiger charge is -2.26. The lowest BCUT2D eigenvalue weighted by molar-refractivity contribution is -0.568. The minimum absolute atomic E-state index is 0.0295. The van der Waals surface area contributed by atoms with E-state index in [1.165, 1.54) is 44.9 Å². The average molecular weight is 565 g/mol. The summed E-state index contributed by atoms with van der Waals surface area (Å²) >= 11 is 13.4. The summed E-state index contributed by atoms with van der Waals surface area (Å²) in [6.45, 7) is 17.8. The Hall–Kier alpha value is -2.26. The Balaban J connectivity index is 1.58. The third kappa shape index (κ3) is 6.24. The van der Waals surface area contributed by atoms with Crippen LogP contribution in [-0.2, 0) is 10.8 Å². The van der Waals surface area contributed by atoms with E-state index >= 15 is 0 Å². The van der Waals surface area contributed by atoms with Gasteiger partial charge in [-0.1, -0.05) is 86.8 Å². The van der Waals surface area contributed by atoms with Gasteiger partial charge in [-0.3, -0.25) is 0 Å². The number of anilines is 1. The number of quaternary nitrogens is 1. The molecule has 1 heterocycles. The van der Waals surface area contributed by atoms with Gasteiger partial charge in [-0.25, -0.2) is 0 Å². The van der Waals surface area contributed by atoms with Gasteiger partial charge in [0.2, 0.25) is 0 Å². The molecule has 0 atom stereocenters. The highest BCUT2D eigenvalue weighted by Gasteiger charge is 2.39. The first-order chi connectivity index (χ1) is 18.5. The van der Waals surface area contributed by atoms with Crippen LogP contribution in [0.15, 0.2) is 82.6 Å². The maximum Gasteiger partial charge on any atom is 0.133 e. The Bertz CT molecular complexity index is 1340. The molecule has 2 aliphatic rings. The zero-order valence-electron chi connectivity index (χ0n) is 24.8. The largest absolute Gasteiger partial charge is 0.344 e. The molecule has 0 unspecified atom stereocenters. The summed E-state index contributed by atoms with van der Waals surface area (Å²) in [7, 11) is 0. The zero-order valence-corrected chi connectivity index (χ0v) is 26.3. The summed E-state index contributed by atoms with van der Waals surface area (Å²) in [6.07, 6.45) is 13.2. The van der Waals surface area contributed by atoms with Crippen molar-refractivity contribution in [2.75, 3.05) is 18.0 Å². The van der Waals surface area contributed by atoms with E-state index in [9.17, 15) is 0 Å². The third-order valence-corrected chi connectivity index (χ3v) is 9.10. The molecule has 208 valence electrons. The summed E-state index contributed by atoms with van der Waals surface area (Å²) in [5.74, 6) is 0. The topological polar surface area (TPSA) is 19.9 Å². The lowest BCUT2D eigenvalue weighted by Crippen LogP contribution is -2.77. The SMILES string of the molecule is CC[NH2+]c1ccc(Cl)cc1C(C)(C)C/C=C/C1=C(Cl)C(=C/C=C2/N(CC)c3ccc(C)cc3C2(C)C)/CCC1. The van der Waals surface area contributed by atoms with Gasteiger partial charge in [0.05, 0.1) is 6.54 Å². The van der Waals surface area contributed by atoms with Crippen LogP contribution in [0.4, 0.5) is 11.4 Å². The highest BCUT2D eigenvalue weighted by atomic mass is 35.5. The molecule has 2 N–H and O–H groups in total. The number of hydrogen-bond donors (Lipinski definition) is 1. The van der Waals surface area contributed by atoms with E-state index < -0.39 is 0 Å². The fraction of sp³-hybridized carbons (Fsp3) is 0.429. The van der Waals surface area contributed by atoms with E-state index in [0.29, 0.717) is 0 Å². The minimum atomic E-state index is -0.0397. The molecule has 0 bridgehead atoms. The molecule has 0 fully saturated rings. The summed E-state index contributed by atoms with van der Waals surface area (Å²) in [6, 6.07) is 13.1. The smallest absolute Gasteiger partial charge is 0.133 e. The number of halogens is 2. The normalized spacial score (nSPS) is 19.6. The van der Waals surface area contributed by atoms with Gasteiger partial charge in [-0.2, -0.15) is 0 Å². The first kappa shape index (κ1) is 29.7. The van der Waals surface area contributed by atoms with Crippen LogP contribution in [-0.4, -0.2) is 13.1 Å². The highest BCUT2D eigenvalue weighted by Crippen LogP contribution is 2.48. The van der Waals surface area contributed by atoms with Gasteiger partial charge in [0.25, 0.3) is 0 Å². The molecule has 1 aliphatic carbocycles. The van der Waals surface area contributed by atoms with Crippen molar-refractivity contribution in [3.8, 4) is 0 Å². The van der Waals surface area contributed by atoms with Crippen molar-refractivity contribution in [3.63, 3.8) is 0 Å². The maximum absolute atomic E-state index is 7.03. The molecule has 0 spiro atoms. The second-order valence-corrected chi connectivity index (χ2v) is 13.0. The Morgan fingerprint density at radius 2 is 1.79 bits per heavy atom. The van der Waals surface area contributed by atoms with E-state index in [4.69, 9.17) is 23.2 Å². The molecule has 4 rings (SSSR count). The number of allylic oxidation sites excluding steroid dienone is 8. The number of rotatable bonds is 8. The molecule has 1 aliphatic heterocycles. The van der Waals surface area contributed by atoms with Crippen molar-refractivity contribution >= 4 is 34.6 Å². The van der Waals surface area contributed by atoms with Gasteiger partial charge < -0.3 is 10.2 Å². The molecule has 0 amide bonds. The van der Waals surface area contributed by atoms with Crippen LogP contribution in [0.5, 0.6) is 0 Å². The molecule has 2 aromatic rings. The van der Waals surface area contributed by atoms with E-state index in [1.807, 2.05) is 6.07 Å². The number of aryl methyl sites for hydroxylation is 1. The van der Waals surface area contributed by atoms with Gasteiger partial charge in [-0.15, -0.1) is 0 Å². The standard InChI is InChI=1S/C35H44Cl2N2/c1-8-38-30-18-17-27(36)23-28(30)34(4,5)21-11-14-25-12-10-13-26(33(25)37)16-20-32-35(6,7)29-22-24(3)15-19-31(29)39(32)9-2/h11,14-20,22-23,38H,8-10,12-13,21H2,1-7H3/p+1/b14-11+,26-16+,32-20+. The minimum Gasteiger partial charge on any atom is -0.344 e. The molecular weight excluding hydrogens is 519 g/mol. The quantitative estimate of drug-likeness (QED) is 0.317. The maximum atomic E-state index is 7.03. The van der Waals surface area contributed by atoms with E-state index in [-0.39, 0.29) is 10.8 Å². The van der Waals surface area contributed by atoms with Crippen LogP contribution in [0.3, 0.4) is 0 Å². The molecule has 4 heteroatoms. The van der Waals surface area contributed by atoms with Crippen molar-refractivity contribution < 1.29 is 5.32 Å². The Morgan fingerprint density at radius 3 is 2.51 bits per heavy atom. The molecule has 0 saturated carbocycles. The summed E-state index contributed by atoms with van der Waals surface area (Å²) in [4.78, 5) is 2.45. The fourth-order valence-corrected chi connectivity index (χ4v) is 6.62. The molecular formula is C35H45Cl2N2+. The zero-order chi connectivity index (χ0) is 28.4. The van der Waals surface area contributed by atoms with Gasteiger partial charge in [0.1, 0.15) is 5.69 Å². The predicted molar refractivity (Wildman–Crippen MR) is 170 cm³/mol. The first-order valence-corrected chi connectivity index (χ1v) is 15.2. The van der Waals surface area contributed by atoms with Crippen molar-refractivity contribution in [1.29, 1.82) is 0 Å². The van der Waals surface area contributed by atoms with Gasteiger partial charge >= 0.3 is 0 Å². The van der Waals surface area contributed by atoms with Crippen molar-refractivity contribution in [2.45, 2.75) is 85.0 Å². The Kier molecular flexibility index (Phi) is 9.21. The lowest BCUT2D eigenvalue weighted by atomic mass is 9.80. The first-order valence-electron chi connectivity index (χ1n) is 14.5. The Morgan fingerprint density at radius 1 is 1.03 bits per heavy atom. The predicted octanol–water partition coefficient (Wildman–Crippen LogP) is 9.39. The van der Waals surface area contributed by atoms with Gasteiger partial charge in [-0.05, 0) is 92.9 Å². The highest BCUT2D eigenvalue weighted by molar-refractivity contribution is 6.32. The van der Waals surface area contributed by atoms with E-state index in [1.54, 1.807) is 0 Å². The number of hydrogen-bond acceptors (Lipinski definition) is 1. The van der Waals surface area contributed by atoms with Crippen LogP contribution >= 0.6 is 23.2 Å². The van der Waals surface area contributed by atoms with Gasteiger partial charge in [0.15, 0.2) is 0 Å². The summed E-state index contributed by atoms with van der Waals surface area (Å²) < 4.78 is 0. The molecule has 0 aromatic heterocycles. The second-order valence-electron chi connectivity index (χ2n) is 12.2. The number of benzene rings is 2. The van der Waals surface area contributed by atoms with Crippen molar-refractivity contribution in [1.82, 2.24) is 0 Å². The van der Waals surface area contributed by atoms with Crippen molar-refractivity contribution in [2.24, 2.45) is 0 Å². The van der Waals surface area contributed by atoms with Gasteiger partial charge in [0, 0.05) is 45.0 Å². The second kappa shape index (κ2) is 12.1. The van der Waals surface area contributed by atoms with Crippen LogP contribution < -0.4 is 10.2 Å². The monoisotopic (exact) mass is 563 g/mol. The molecule has 2 aromatic carbocycles. The van der Waals surface area contributed by atoms with Crippen LogP contribution in [0.1, 0.15) is 83.9 Å². The number of nitrogens with zero attached hydrogens (tertiary/aromatic N) is 1. The van der Waals surface area contributed by atoms with E-state index in [0.717, 1.165) is 48.8 Å². The Labute approximate surface area is 246 Å². The molecule has 0 radical (unpaired) electrons. The fourth-order valence-electron chi connectivity index (χ4n) is 6.14.